The molecule has 0 saturated heterocycles. The van der Waals surface area contributed by atoms with E-state index in [0.29, 0.717) is 11.8 Å². The van der Waals surface area contributed by atoms with Gasteiger partial charge in [0, 0.05) is 19.7 Å². The third-order valence-corrected chi connectivity index (χ3v) is 3.07. The molecule has 0 aliphatic carbocycles. The Hall–Kier alpha value is -1.68. The maximum absolute atomic E-state index is 5.99. The van der Waals surface area contributed by atoms with Gasteiger partial charge in [-0.2, -0.15) is 15.0 Å². The number of rotatable bonds is 2. The van der Waals surface area contributed by atoms with E-state index in [4.69, 9.17) is 11.6 Å². The largest absolute Gasteiger partial charge is 0.347 e. The molecular weight excluding hydrogens is 260 g/mol. The van der Waals surface area contributed by atoms with Gasteiger partial charge in [0.25, 0.3) is 0 Å². The molecule has 4 nitrogen and oxygen atoms in total. The molecule has 19 heavy (non-hydrogen) atoms. The van der Waals surface area contributed by atoms with E-state index in [1.54, 1.807) is 0 Å². The van der Waals surface area contributed by atoms with Crippen molar-refractivity contribution >= 4 is 17.5 Å². The highest BCUT2D eigenvalue weighted by Gasteiger charge is 2.13. The highest BCUT2D eigenvalue weighted by Crippen LogP contribution is 2.27. The zero-order valence-electron chi connectivity index (χ0n) is 11.8. The van der Waals surface area contributed by atoms with Crippen LogP contribution in [0.1, 0.15) is 16.7 Å². The molecule has 0 fully saturated rings. The number of nitrogens with zero attached hydrogens (tertiary/aromatic N) is 4. The van der Waals surface area contributed by atoms with Crippen molar-refractivity contribution in [1.82, 2.24) is 15.0 Å². The van der Waals surface area contributed by atoms with E-state index in [9.17, 15) is 0 Å². The zero-order valence-corrected chi connectivity index (χ0v) is 12.6. The topological polar surface area (TPSA) is 41.9 Å². The van der Waals surface area contributed by atoms with Crippen molar-refractivity contribution in [3.8, 4) is 11.4 Å². The maximum atomic E-state index is 5.99. The first-order valence-electron chi connectivity index (χ1n) is 6.05. The Bertz CT molecular complexity index is 600. The van der Waals surface area contributed by atoms with Crippen LogP contribution in [0.25, 0.3) is 11.4 Å². The van der Waals surface area contributed by atoms with E-state index in [1.807, 2.05) is 19.0 Å². The van der Waals surface area contributed by atoms with Crippen molar-refractivity contribution < 1.29 is 0 Å². The first kappa shape index (κ1) is 13.7. The summed E-state index contributed by atoms with van der Waals surface area (Å²) in [5.74, 6) is 1.19. The van der Waals surface area contributed by atoms with Gasteiger partial charge < -0.3 is 4.90 Å². The predicted octanol–water partition coefficient (Wildman–Crippen LogP) is 3.18. The smallest absolute Gasteiger partial charge is 0.229 e. The van der Waals surface area contributed by atoms with E-state index in [1.165, 1.54) is 5.56 Å². The lowest BCUT2D eigenvalue weighted by Crippen LogP contribution is -2.14. The lowest BCUT2D eigenvalue weighted by Gasteiger charge is -2.14. The molecule has 0 radical (unpaired) electrons. The first-order valence-corrected chi connectivity index (χ1v) is 6.43. The molecule has 0 amide bonds. The van der Waals surface area contributed by atoms with Gasteiger partial charge in [-0.25, -0.2) is 0 Å². The fourth-order valence-corrected chi connectivity index (χ4v) is 2.34. The van der Waals surface area contributed by atoms with Gasteiger partial charge >= 0.3 is 0 Å². The zero-order chi connectivity index (χ0) is 14.2. The van der Waals surface area contributed by atoms with Gasteiger partial charge in [0.05, 0.1) is 0 Å². The summed E-state index contributed by atoms with van der Waals surface area (Å²) in [7, 11) is 3.76. The third kappa shape index (κ3) is 2.84. The second kappa shape index (κ2) is 5.13. The Kier molecular flexibility index (Phi) is 3.71. The molecule has 0 bridgehead atoms. The molecular formula is C14H17ClN4. The van der Waals surface area contributed by atoms with Gasteiger partial charge in [-0.05, 0) is 43.5 Å². The Labute approximate surface area is 118 Å². The highest BCUT2D eigenvalue weighted by molar-refractivity contribution is 6.28. The van der Waals surface area contributed by atoms with E-state index < -0.39 is 0 Å². The summed E-state index contributed by atoms with van der Waals surface area (Å²) in [5, 5.41) is 0.216. The summed E-state index contributed by atoms with van der Waals surface area (Å²) in [6.07, 6.45) is 0. The molecule has 0 aliphatic rings. The number of aromatic nitrogens is 3. The molecule has 0 N–H and O–H groups in total. The monoisotopic (exact) mass is 276 g/mol. The SMILES string of the molecule is Cc1cc(C)c(-c2nc(Cl)nc(N(C)C)n2)c(C)c1. The van der Waals surface area contributed by atoms with Crippen molar-refractivity contribution in [3.05, 3.63) is 34.1 Å². The minimum atomic E-state index is 0.216. The van der Waals surface area contributed by atoms with Gasteiger partial charge in [0.1, 0.15) is 0 Å². The highest BCUT2D eigenvalue weighted by atomic mass is 35.5. The maximum Gasteiger partial charge on any atom is 0.229 e. The molecule has 0 saturated carbocycles. The summed E-state index contributed by atoms with van der Waals surface area (Å²) in [5.41, 5.74) is 4.54. The standard InChI is InChI=1S/C14H17ClN4/c1-8-6-9(2)11(10(3)7-8)12-16-13(15)18-14(17-12)19(4)5/h6-7H,1-5H3. The first-order chi connectivity index (χ1) is 8.88. The van der Waals surface area contributed by atoms with Crippen molar-refractivity contribution in [3.63, 3.8) is 0 Å². The van der Waals surface area contributed by atoms with Crippen molar-refractivity contribution in [1.29, 1.82) is 0 Å². The number of hydrogen-bond donors (Lipinski definition) is 0. The van der Waals surface area contributed by atoms with Crippen LogP contribution in [0.15, 0.2) is 12.1 Å². The Balaban J connectivity index is 2.65. The predicted molar refractivity (Wildman–Crippen MR) is 78.8 cm³/mol. The Morgan fingerprint density at radius 3 is 2.05 bits per heavy atom. The van der Waals surface area contributed by atoms with Crippen LogP contribution < -0.4 is 4.90 Å². The second-order valence-electron chi connectivity index (χ2n) is 4.90. The molecule has 1 aromatic heterocycles. The molecule has 1 heterocycles. The Morgan fingerprint density at radius 2 is 1.53 bits per heavy atom. The minimum absolute atomic E-state index is 0.216. The molecule has 2 aromatic rings. The number of halogens is 1. The van der Waals surface area contributed by atoms with Gasteiger partial charge in [-0.3, -0.25) is 0 Å². The average Bonchev–Trinajstić information content (AvgIpc) is 2.26. The van der Waals surface area contributed by atoms with Crippen LogP contribution >= 0.6 is 11.6 Å². The molecule has 0 aliphatic heterocycles. The summed E-state index contributed by atoms with van der Waals surface area (Å²) in [6, 6.07) is 4.24. The second-order valence-corrected chi connectivity index (χ2v) is 5.23. The van der Waals surface area contributed by atoms with E-state index in [-0.39, 0.29) is 5.28 Å². The lowest BCUT2D eigenvalue weighted by molar-refractivity contribution is 0.959. The van der Waals surface area contributed by atoms with Crippen LogP contribution in [0.3, 0.4) is 0 Å². The third-order valence-electron chi connectivity index (χ3n) is 2.90. The Morgan fingerprint density at radius 1 is 0.947 bits per heavy atom. The molecule has 5 heteroatoms. The lowest BCUT2D eigenvalue weighted by atomic mass is 9.99. The fraction of sp³-hybridized carbons (Fsp3) is 0.357. The van der Waals surface area contributed by atoms with Gasteiger partial charge in [-0.1, -0.05) is 17.7 Å². The summed E-state index contributed by atoms with van der Waals surface area (Å²) < 4.78 is 0. The van der Waals surface area contributed by atoms with Crippen molar-refractivity contribution in [2.75, 3.05) is 19.0 Å². The number of aryl methyl sites for hydroxylation is 3. The van der Waals surface area contributed by atoms with Crippen LogP contribution in [-0.2, 0) is 0 Å². The van der Waals surface area contributed by atoms with E-state index >= 15 is 0 Å². The van der Waals surface area contributed by atoms with Gasteiger partial charge in [0.2, 0.25) is 11.2 Å². The minimum Gasteiger partial charge on any atom is -0.347 e. The van der Waals surface area contributed by atoms with Gasteiger partial charge in [-0.15, -0.1) is 0 Å². The number of hydrogen-bond acceptors (Lipinski definition) is 4. The normalized spacial score (nSPS) is 10.6. The molecule has 0 unspecified atom stereocenters. The number of benzene rings is 1. The fourth-order valence-electron chi connectivity index (χ4n) is 2.18. The van der Waals surface area contributed by atoms with E-state index in [0.717, 1.165) is 16.7 Å². The molecule has 100 valence electrons. The van der Waals surface area contributed by atoms with Crippen LogP contribution in [0.2, 0.25) is 5.28 Å². The molecule has 0 atom stereocenters. The molecule has 2 rings (SSSR count). The number of anilines is 1. The van der Waals surface area contributed by atoms with Crippen LogP contribution in [-0.4, -0.2) is 29.0 Å². The van der Waals surface area contributed by atoms with Crippen LogP contribution in [0.5, 0.6) is 0 Å². The summed E-state index contributed by atoms with van der Waals surface area (Å²) in [4.78, 5) is 14.6. The molecule has 0 spiro atoms. The van der Waals surface area contributed by atoms with Crippen LogP contribution in [0.4, 0.5) is 5.95 Å². The quantitative estimate of drug-likeness (QED) is 0.845. The van der Waals surface area contributed by atoms with Crippen LogP contribution in [0, 0.1) is 20.8 Å². The van der Waals surface area contributed by atoms with Crippen molar-refractivity contribution in [2.24, 2.45) is 0 Å². The molecule has 1 aromatic carbocycles. The summed E-state index contributed by atoms with van der Waals surface area (Å²) in [6.45, 7) is 6.19. The summed E-state index contributed by atoms with van der Waals surface area (Å²) >= 11 is 5.99. The van der Waals surface area contributed by atoms with Crippen molar-refractivity contribution in [2.45, 2.75) is 20.8 Å². The van der Waals surface area contributed by atoms with E-state index in [2.05, 4.69) is 47.9 Å². The van der Waals surface area contributed by atoms with Gasteiger partial charge in [0.15, 0.2) is 5.82 Å². The average molecular weight is 277 g/mol.